The topological polar surface area (TPSA) is 22.0 Å². The summed E-state index contributed by atoms with van der Waals surface area (Å²) in [5.74, 6) is 0. The first kappa shape index (κ1) is 15.6. The number of thiophene rings is 1. The number of carbonyl (C=O) groups is 1. The number of aldehydes is 1. The van der Waals surface area contributed by atoms with Crippen molar-refractivity contribution < 1.29 is 4.79 Å². The molecule has 0 radical (unpaired) electrons. The summed E-state index contributed by atoms with van der Waals surface area (Å²) in [6.07, 6.45) is 0.919. The molecular weight excluding hydrogens is 362 g/mol. The summed E-state index contributed by atoms with van der Waals surface area (Å²) in [5, 5.41) is 4.95. The van der Waals surface area contributed by atoms with Crippen LogP contribution >= 0.6 is 11.3 Å². The molecule has 0 aliphatic carbocycles. The van der Waals surface area contributed by atoms with Crippen LogP contribution in [-0.4, -0.2) is 10.9 Å². The fourth-order valence-electron chi connectivity index (χ4n) is 4.25. The zero-order valence-corrected chi connectivity index (χ0v) is 15.7. The van der Waals surface area contributed by atoms with Crippen LogP contribution in [0.25, 0.3) is 47.7 Å². The van der Waals surface area contributed by atoms with Gasteiger partial charge in [0, 0.05) is 42.2 Å². The maximum atomic E-state index is 11.5. The van der Waals surface area contributed by atoms with Gasteiger partial charge in [-0.15, -0.1) is 11.3 Å². The molecule has 0 N–H and O–H groups in total. The van der Waals surface area contributed by atoms with Crippen LogP contribution in [0.1, 0.15) is 10.4 Å². The fourth-order valence-corrected chi connectivity index (χ4v) is 5.36. The lowest BCUT2D eigenvalue weighted by molar-refractivity contribution is 0.112. The van der Waals surface area contributed by atoms with Crippen LogP contribution in [0.2, 0.25) is 0 Å². The average molecular weight is 377 g/mol. The van der Waals surface area contributed by atoms with Crippen LogP contribution < -0.4 is 0 Å². The molecule has 6 aromatic rings. The van der Waals surface area contributed by atoms with E-state index >= 15 is 0 Å². The van der Waals surface area contributed by atoms with Gasteiger partial charge in [0.25, 0.3) is 0 Å². The lowest BCUT2D eigenvalue weighted by Gasteiger charge is -2.09. The molecule has 2 heterocycles. The summed E-state index contributed by atoms with van der Waals surface area (Å²) >= 11 is 1.83. The Balaban J connectivity index is 1.94. The molecule has 0 unspecified atom stereocenters. The smallest absolute Gasteiger partial charge is 0.150 e. The highest BCUT2D eigenvalue weighted by Gasteiger charge is 2.18. The Labute approximate surface area is 165 Å². The predicted octanol–water partition coefficient (Wildman–Crippen LogP) is 6.96. The fraction of sp³-hybridized carbons (Fsp3) is 0. The minimum absolute atomic E-state index is 0.693. The van der Waals surface area contributed by atoms with E-state index in [1.807, 2.05) is 29.5 Å². The number of para-hydroxylation sites is 1. The molecule has 6 rings (SSSR count). The SMILES string of the molecule is O=Cc1ccc2c3ccc4sc5ccccc5c4c3n(-c3ccccc3)c2c1. The number of benzene rings is 4. The number of hydrogen-bond donors (Lipinski definition) is 0. The van der Waals surface area contributed by atoms with Crippen LogP contribution in [0.15, 0.2) is 84.9 Å². The summed E-state index contributed by atoms with van der Waals surface area (Å²) < 4.78 is 4.88. The number of hydrogen-bond acceptors (Lipinski definition) is 2. The van der Waals surface area contributed by atoms with Gasteiger partial charge in [-0.25, -0.2) is 0 Å². The van der Waals surface area contributed by atoms with E-state index < -0.39 is 0 Å². The van der Waals surface area contributed by atoms with Crippen LogP contribution in [0.3, 0.4) is 0 Å². The van der Waals surface area contributed by atoms with E-state index in [1.165, 1.54) is 36.5 Å². The molecule has 2 aromatic heterocycles. The Hall–Kier alpha value is -3.43. The summed E-state index contributed by atoms with van der Waals surface area (Å²) in [6.45, 7) is 0. The molecule has 4 aromatic carbocycles. The third kappa shape index (κ3) is 2.05. The molecule has 0 saturated heterocycles. The van der Waals surface area contributed by atoms with Gasteiger partial charge in [-0.1, -0.05) is 54.6 Å². The quantitative estimate of drug-likeness (QED) is 0.299. The second kappa shape index (κ2) is 5.78. The van der Waals surface area contributed by atoms with E-state index in [0.717, 1.165) is 17.5 Å². The van der Waals surface area contributed by atoms with Crippen LogP contribution in [0.5, 0.6) is 0 Å². The maximum Gasteiger partial charge on any atom is 0.150 e. The highest BCUT2D eigenvalue weighted by atomic mass is 32.1. The average Bonchev–Trinajstić information content (AvgIpc) is 3.29. The molecule has 0 saturated carbocycles. The molecule has 0 spiro atoms. The van der Waals surface area contributed by atoms with Crippen molar-refractivity contribution in [1.82, 2.24) is 4.57 Å². The minimum atomic E-state index is 0.693. The molecule has 0 aliphatic heterocycles. The van der Waals surface area contributed by atoms with Gasteiger partial charge in [0.1, 0.15) is 6.29 Å². The largest absolute Gasteiger partial charge is 0.309 e. The van der Waals surface area contributed by atoms with E-state index in [1.54, 1.807) is 0 Å². The van der Waals surface area contributed by atoms with Gasteiger partial charge in [0.15, 0.2) is 0 Å². The minimum Gasteiger partial charge on any atom is -0.309 e. The highest BCUT2D eigenvalue weighted by Crippen LogP contribution is 2.42. The molecule has 3 heteroatoms. The number of rotatable bonds is 2. The summed E-state index contributed by atoms with van der Waals surface area (Å²) in [6, 6.07) is 29.4. The zero-order chi connectivity index (χ0) is 18.7. The van der Waals surface area contributed by atoms with Gasteiger partial charge in [-0.3, -0.25) is 4.79 Å². The molecule has 0 bridgehead atoms. The normalized spacial score (nSPS) is 11.7. The summed E-state index contributed by atoms with van der Waals surface area (Å²) in [7, 11) is 0. The second-order valence-corrected chi connectivity index (χ2v) is 8.08. The van der Waals surface area contributed by atoms with E-state index in [9.17, 15) is 4.79 Å². The highest BCUT2D eigenvalue weighted by molar-refractivity contribution is 7.26. The molecule has 0 amide bonds. The molecule has 28 heavy (non-hydrogen) atoms. The molecule has 132 valence electrons. The van der Waals surface area contributed by atoms with Crippen LogP contribution in [-0.2, 0) is 0 Å². The third-order valence-electron chi connectivity index (χ3n) is 5.44. The molecular formula is C25H15NOS. The standard InChI is InChI=1S/C25H15NOS/c27-15-16-10-11-18-19-12-13-23-24(20-8-4-5-9-22(20)28-23)25(19)26(21(18)14-16)17-6-2-1-3-7-17/h1-15H. The number of aromatic nitrogens is 1. The van der Waals surface area contributed by atoms with Crippen molar-refractivity contribution in [1.29, 1.82) is 0 Å². The summed E-state index contributed by atoms with van der Waals surface area (Å²) in [4.78, 5) is 11.5. The van der Waals surface area contributed by atoms with E-state index in [4.69, 9.17) is 0 Å². The summed E-state index contributed by atoms with van der Waals surface area (Å²) in [5.41, 5.74) is 4.07. The van der Waals surface area contributed by atoms with Gasteiger partial charge >= 0.3 is 0 Å². The van der Waals surface area contributed by atoms with Crippen molar-refractivity contribution in [2.75, 3.05) is 0 Å². The van der Waals surface area contributed by atoms with Crippen LogP contribution in [0.4, 0.5) is 0 Å². The number of nitrogens with zero attached hydrogens (tertiary/aromatic N) is 1. The van der Waals surface area contributed by atoms with E-state index in [0.29, 0.717) is 5.56 Å². The first-order chi connectivity index (χ1) is 13.8. The van der Waals surface area contributed by atoms with Gasteiger partial charge in [-0.05, 0) is 30.3 Å². The van der Waals surface area contributed by atoms with Gasteiger partial charge in [0.05, 0.1) is 11.0 Å². The van der Waals surface area contributed by atoms with Crippen molar-refractivity contribution >= 4 is 59.6 Å². The van der Waals surface area contributed by atoms with Gasteiger partial charge in [-0.2, -0.15) is 0 Å². The Morgan fingerprint density at radius 2 is 1.50 bits per heavy atom. The Morgan fingerprint density at radius 1 is 0.714 bits per heavy atom. The zero-order valence-electron chi connectivity index (χ0n) is 14.9. The Bertz CT molecular complexity index is 1520. The number of fused-ring (bicyclic) bond motifs is 7. The predicted molar refractivity (Wildman–Crippen MR) is 119 cm³/mol. The Morgan fingerprint density at radius 3 is 2.36 bits per heavy atom. The lowest BCUT2D eigenvalue weighted by Crippen LogP contribution is -1.94. The molecule has 0 fully saturated rings. The third-order valence-corrected chi connectivity index (χ3v) is 6.58. The monoisotopic (exact) mass is 377 g/mol. The van der Waals surface area contributed by atoms with Crippen molar-refractivity contribution in [3.63, 3.8) is 0 Å². The lowest BCUT2D eigenvalue weighted by atomic mass is 10.1. The van der Waals surface area contributed by atoms with Gasteiger partial charge in [0.2, 0.25) is 0 Å². The molecule has 0 aliphatic rings. The first-order valence-electron chi connectivity index (χ1n) is 9.24. The Kier molecular flexibility index (Phi) is 3.22. The number of carbonyl (C=O) groups excluding carboxylic acids is 1. The van der Waals surface area contributed by atoms with Crippen molar-refractivity contribution in [3.8, 4) is 5.69 Å². The first-order valence-corrected chi connectivity index (χ1v) is 10.1. The molecule has 0 atom stereocenters. The molecule has 2 nitrogen and oxygen atoms in total. The second-order valence-electron chi connectivity index (χ2n) is 7.00. The van der Waals surface area contributed by atoms with Crippen molar-refractivity contribution in [2.45, 2.75) is 0 Å². The van der Waals surface area contributed by atoms with E-state index in [2.05, 4.69) is 71.3 Å². The van der Waals surface area contributed by atoms with Crippen molar-refractivity contribution in [2.24, 2.45) is 0 Å². The van der Waals surface area contributed by atoms with E-state index in [-0.39, 0.29) is 0 Å². The maximum absolute atomic E-state index is 11.5. The van der Waals surface area contributed by atoms with Gasteiger partial charge < -0.3 is 4.57 Å². The van der Waals surface area contributed by atoms with Crippen molar-refractivity contribution in [3.05, 3.63) is 90.5 Å². The van der Waals surface area contributed by atoms with Crippen LogP contribution in [0, 0.1) is 0 Å².